The number of carbonyl (C=O) groups is 3. The molecule has 11 nitrogen and oxygen atoms in total. The Balaban J connectivity index is 0.000000892. The summed E-state index contributed by atoms with van der Waals surface area (Å²) in [6.07, 6.45) is 1.90. The van der Waals surface area contributed by atoms with Crippen LogP contribution in [0.1, 0.15) is 38.4 Å². The molecular weight excluding hydrogens is 370 g/mol. The number of aromatic nitrogens is 2. The Morgan fingerprint density at radius 3 is 2.61 bits per heavy atom. The van der Waals surface area contributed by atoms with E-state index in [1.54, 1.807) is 12.0 Å². The third kappa shape index (κ3) is 8.91. The van der Waals surface area contributed by atoms with Gasteiger partial charge < -0.3 is 30.3 Å². The van der Waals surface area contributed by atoms with Gasteiger partial charge in [0.1, 0.15) is 0 Å². The maximum Gasteiger partial charge on any atom is 0.300 e. The standard InChI is InChI=1S/C15H25N5O4.C2H4O2/c1-10(21)20-8-11(3-4-12(16)9-20)15(22)17-7-13-18-14(24-19-13)5-6-23-2;1-2(3)4/h11-12H,3-9,16H2,1-2H3,(H,17,22);1H3,(H,3,4)/t11-,12+;/m1./s1. The fraction of sp³-hybridized carbons (Fsp3) is 0.706. The van der Waals surface area contributed by atoms with Crippen LogP contribution < -0.4 is 11.1 Å². The molecule has 0 radical (unpaired) electrons. The molecule has 1 aromatic rings. The topological polar surface area (TPSA) is 161 Å². The molecule has 0 bridgehead atoms. The molecular formula is C17H29N5O6. The number of rotatable bonds is 6. The number of hydrogen-bond donors (Lipinski definition) is 3. The third-order valence-corrected chi connectivity index (χ3v) is 4.05. The van der Waals surface area contributed by atoms with Crippen molar-refractivity contribution in [3.8, 4) is 0 Å². The molecule has 0 spiro atoms. The zero-order valence-electron chi connectivity index (χ0n) is 16.5. The van der Waals surface area contributed by atoms with Gasteiger partial charge >= 0.3 is 0 Å². The molecule has 11 heteroatoms. The summed E-state index contributed by atoms with van der Waals surface area (Å²) >= 11 is 0. The second kappa shape index (κ2) is 12.0. The summed E-state index contributed by atoms with van der Waals surface area (Å²) < 4.78 is 10.0. The summed E-state index contributed by atoms with van der Waals surface area (Å²) in [7, 11) is 1.60. The SMILES string of the molecule is CC(=O)O.COCCc1nc(CNC(=O)[C@@H]2CC[C@H](N)CN(C(C)=O)C2)no1. The lowest BCUT2D eigenvalue weighted by Crippen LogP contribution is -2.42. The molecule has 1 aromatic heterocycles. The summed E-state index contributed by atoms with van der Waals surface area (Å²) in [5, 5.41) is 14.0. The van der Waals surface area contributed by atoms with Gasteiger partial charge in [0.25, 0.3) is 5.97 Å². The molecule has 1 aliphatic heterocycles. The molecule has 2 rings (SSSR count). The Kier molecular flexibility index (Phi) is 10.1. The molecule has 0 aliphatic carbocycles. The predicted octanol–water partition coefficient (Wildman–Crippen LogP) is -0.449. The van der Waals surface area contributed by atoms with E-state index in [4.69, 9.17) is 24.9 Å². The molecule has 2 atom stereocenters. The van der Waals surface area contributed by atoms with Crippen LogP contribution in [0, 0.1) is 5.92 Å². The van der Waals surface area contributed by atoms with Gasteiger partial charge in [-0.1, -0.05) is 5.16 Å². The first kappa shape index (κ1) is 23.5. The van der Waals surface area contributed by atoms with E-state index in [1.165, 1.54) is 6.92 Å². The van der Waals surface area contributed by atoms with Crippen LogP contribution in [0.25, 0.3) is 0 Å². The van der Waals surface area contributed by atoms with Crippen LogP contribution in [0.4, 0.5) is 0 Å². The number of carboxylic acids is 1. The number of nitrogens with one attached hydrogen (secondary N) is 1. The first-order valence-electron chi connectivity index (χ1n) is 9.01. The summed E-state index contributed by atoms with van der Waals surface area (Å²) in [5.41, 5.74) is 5.96. The van der Waals surface area contributed by atoms with Gasteiger partial charge in [0.05, 0.1) is 25.5 Å². The molecule has 158 valence electrons. The Labute approximate surface area is 163 Å². The van der Waals surface area contributed by atoms with E-state index in [-0.39, 0.29) is 30.3 Å². The van der Waals surface area contributed by atoms with Crippen LogP contribution in [-0.2, 0) is 32.1 Å². The van der Waals surface area contributed by atoms with Gasteiger partial charge in [0.2, 0.25) is 17.7 Å². The predicted molar refractivity (Wildman–Crippen MR) is 98.0 cm³/mol. The Morgan fingerprint density at radius 1 is 1.32 bits per heavy atom. The van der Waals surface area contributed by atoms with Crippen LogP contribution in [0.3, 0.4) is 0 Å². The van der Waals surface area contributed by atoms with Crippen molar-refractivity contribution in [1.29, 1.82) is 0 Å². The zero-order chi connectivity index (χ0) is 21.1. The van der Waals surface area contributed by atoms with E-state index in [0.717, 1.165) is 6.92 Å². The van der Waals surface area contributed by atoms with Crippen molar-refractivity contribution in [1.82, 2.24) is 20.4 Å². The number of likely N-dealkylation sites (tertiary alicyclic amines) is 1. The number of amides is 2. The number of ether oxygens (including phenoxy) is 1. The number of methoxy groups -OCH3 is 1. The molecule has 0 unspecified atom stereocenters. The summed E-state index contributed by atoms with van der Waals surface area (Å²) in [6, 6.07) is -0.0905. The Morgan fingerprint density at radius 2 is 2.00 bits per heavy atom. The molecule has 0 aromatic carbocycles. The fourth-order valence-corrected chi connectivity index (χ4v) is 2.66. The Hall–Kier alpha value is -2.53. The quantitative estimate of drug-likeness (QED) is 0.575. The highest BCUT2D eigenvalue weighted by atomic mass is 16.5. The highest BCUT2D eigenvalue weighted by Gasteiger charge is 2.28. The van der Waals surface area contributed by atoms with Gasteiger partial charge in [-0.25, -0.2) is 0 Å². The highest BCUT2D eigenvalue weighted by molar-refractivity contribution is 5.80. The van der Waals surface area contributed by atoms with Crippen LogP contribution >= 0.6 is 0 Å². The minimum Gasteiger partial charge on any atom is -0.481 e. The molecule has 2 heterocycles. The maximum absolute atomic E-state index is 12.4. The average Bonchev–Trinajstić information content (AvgIpc) is 2.97. The van der Waals surface area contributed by atoms with Crippen molar-refractivity contribution < 1.29 is 28.8 Å². The summed E-state index contributed by atoms with van der Waals surface area (Å²) in [6.45, 7) is 4.15. The Bertz CT molecular complexity index is 646. The number of carboxylic acid groups (broad SMARTS) is 1. The lowest BCUT2D eigenvalue weighted by Gasteiger charge is -2.23. The minimum absolute atomic E-state index is 0.0638. The van der Waals surface area contributed by atoms with Crippen LogP contribution in [0.2, 0.25) is 0 Å². The fourth-order valence-electron chi connectivity index (χ4n) is 2.66. The smallest absolute Gasteiger partial charge is 0.300 e. The molecule has 1 saturated heterocycles. The molecule has 28 heavy (non-hydrogen) atoms. The van der Waals surface area contributed by atoms with Gasteiger partial charge in [-0.2, -0.15) is 4.98 Å². The molecule has 0 saturated carbocycles. The van der Waals surface area contributed by atoms with Crippen molar-refractivity contribution in [3.63, 3.8) is 0 Å². The second-order valence-electron chi connectivity index (χ2n) is 6.54. The van der Waals surface area contributed by atoms with Crippen LogP contribution in [-0.4, -0.2) is 70.8 Å². The first-order valence-corrected chi connectivity index (χ1v) is 9.01. The highest BCUT2D eigenvalue weighted by Crippen LogP contribution is 2.16. The summed E-state index contributed by atoms with van der Waals surface area (Å²) in [5.74, 6) is -0.403. The van der Waals surface area contributed by atoms with E-state index in [1.807, 2.05) is 0 Å². The van der Waals surface area contributed by atoms with Gasteiger partial charge in [-0.05, 0) is 12.8 Å². The van der Waals surface area contributed by atoms with Crippen molar-refractivity contribution in [2.45, 2.75) is 45.7 Å². The molecule has 2 amide bonds. The summed E-state index contributed by atoms with van der Waals surface area (Å²) in [4.78, 5) is 38.8. The van der Waals surface area contributed by atoms with Crippen molar-refractivity contribution >= 4 is 17.8 Å². The van der Waals surface area contributed by atoms with Crippen molar-refractivity contribution in [2.24, 2.45) is 11.7 Å². The second-order valence-corrected chi connectivity index (χ2v) is 6.54. The number of carbonyl (C=O) groups excluding carboxylic acids is 2. The minimum atomic E-state index is -0.833. The average molecular weight is 399 g/mol. The molecule has 1 aliphatic rings. The number of nitrogens with two attached hydrogens (primary N) is 1. The van der Waals surface area contributed by atoms with E-state index in [9.17, 15) is 9.59 Å². The van der Waals surface area contributed by atoms with E-state index >= 15 is 0 Å². The van der Waals surface area contributed by atoms with Crippen molar-refractivity contribution in [3.05, 3.63) is 11.7 Å². The van der Waals surface area contributed by atoms with Crippen molar-refractivity contribution in [2.75, 3.05) is 26.8 Å². The normalized spacial score (nSPS) is 19.2. The lowest BCUT2D eigenvalue weighted by atomic mass is 10.0. The number of nitrogens with zero attached hydrogens (tertiary/aromatic N) is 3. The largest absolute Gasteiger partial charge is 0.481 e. The monoisotopic (exact) mass is 399 g/mol. The zero-order valence-corrected chi connectivity index (χ0v) is 16.5. The van der Waals surface area contributed by atoms with Gasteiger partial charge in [0.15, 0.2) is 5.82 Å². The molecule has 1 fully saturated rings. The third-order valence-electron chi connectivity index (χ3n) is 4.05. The number of hydrogen-bond acceptors (Lipinski definition) is 8. The van der Waals surface area contributed by atoms with Gasteiger partial charge in [0, 0.05) is 40.1 Å². The van der Waals surface area contributed by atoms with E-state index in [0.29, 0.717) is 50.7 Å². The van der Waals surface area contributed by atoms with Gasteiger partial charge in [-0.3, -0.25) is 14.4 Å². The van der Waals surface area contributed by atoms with Crippen LogP contribution in [0.5, 0.6) is 0 Å². The van der Waals surface area contributed by atoms with E-state index < -0.39 is 5.97 Å². The first-order chi connectivity index (χ1) is 13.2. The maximum atomic E-state index is 12.4. The van der Waals surface area contributed by atoms with E-state index in [2.05, 4.69) is 15.5 Å². The number of aliphatic carboxylic acids is 1. The lowest BCUT2D eigenvalue weighted by molar-refractivity contribution is -0.134. The van der Waals surface area contributed by atoms with Gasteiger partial charge in [-0.15, -0.1) is 0 Å². The molecule has 4 N–H and O–H groups in total. The van der Waals surface area contributed by atoms with Crippen LogP contribution in [0.15, 0.2) is 4.52 Å².